The smallest absolute Gasteiger partial charge is 0.246 e. The van der Waals surface area contributed by atoms with Crippen LogP contribution in [0.5, 0.6) is 0 Å². The van der Waals surface area contributed by atoms with E-state index in [0.717, 1.165) is 12.1 Å². The van der Waals surface area contributed by atoms with Crippen molar-refractivity contribution in [3.05, 3.63) is 46.3 Å². The number of morpholine rings is 1. The van der Waals surface area contributed by atoms with Gasteiger partial charge in [0.05, 0.1) is 13.2 Å². The third kappa shape index (κ3) is 2.98. The predicted molar refractivity (Wildman–Crippen MR) is 70.1 cm³/mol. The van der Waals surface area contributed by atoms with E-state index in [-0.39, 0.29) is 11.9 Å². The van der Waals surface area contributed by atoms with Gasteiger partial charge in [-0.3, -0.25) is 0 Å². The van der Waals surface area contributed by atoms with Gasteiger partial charge in [0.15, 0.2) is 5.82 Å². The number of nitrogens with one attached hydrogen (secondary N) is 1. The summed E-state index contributed by atoms with van der Waals surface area (Å²) in [6.45, 7) is 1.95. The van der Waals surface area contributed by atoms with Crippen LogP contribution in [0, 0.1) is 5.82 Å². The molecule has 1 atom stereocenters. The molecule has 20 heavy (non-hydrogen) atoms. The lowest BCUT2D eigenvalue weighted by Gasteiger charge is -2.20. The van der Waals surface area contributed by atoms with Crippen LogP contribution in [-0.2, 0) is 11.2 Å². The van der Waals surface area contributed by atoms with Gasteiger partial charge < -0.3 is 14.6 Å². The number of ether oxygens (including phenoxy) is 1. The van der Waals surface area contributed by atoms with Gasteiger partial charge in [-0.1, -0.05) is 22.8 Å². The first-order chi connectivity index (χ1) is 9.72. The van der Waals surface area contributed by atoms with Crippen LogP contribution in [0.15, 0.2) is 22.7 Å². The molecule has 2 aromatic rings. The summed E-state index contributed by atoms with van der Waals surface area (Å²) in [7, 11) is 0. The molecule has 0 bridgehead atoms. The average Bonchev–Trinajstić information content (AvgIpc) is 2.92. The molecule has 0 spiro atoms. The Kier molecular flexibility index (Phi) is 3.95. The highest BCUT2D eigenvalue weighted by molar-refractivity contribution is 6.31. The van der Waals surface area contributed by atoms with Gasteiger partial charge in [0.1, 0.15) is 11.9 Å². The summed E-state index contributed by atoms with van der Waals surface area (Å²) in [5, 5.41) is 7.51. The number of hydrogen-bond donors (Lipinski definition) is 1. The van der Waals surface area contributed by atoms with Crippen LogP contribution in [0.2, 0.25) is 5.02 Å². The van der Waals surface area contributed by atoms with Crippen molar-refractivity contribution in [2.75, 3.05) is 19.8 Å². The number of benzene rings is 1. The number of aromatic nitrogens is 2. The highest BCUT2D eigenvalue weighted by Gasteiger charge is 2.21. The topological polar surface area (TPSA) is 60.2 Å². The van der Waals surface area contributed by atoms with E-state index in [4.69, 9.17) is 20.9 Å². The summed E-state index contributed by atoms with van der Waals surface area (Å²) >= 11 is 5.98. The first-order valence-electron chi connectivity index (χ1n) is 6.30. The molecule has 0 saturated carbocycles. The van der Waals surface area contributed by atoms with Crippen molar-refractivity contribution in [2.24, 2.45) is 0 Å². The molecule has 1 saturated heterocycles. The first kappa shape index (κ1) is 13.5. The lowest BCUT2D eigenvalue weighted by Crippen LogP contribution is -2.34. The summed E-state index contributed by atoms with van der Waals surface area (Å²) in [6.07, 6.45) is 0.399. The number of halogens is 2. The molecule has 2 heterocycles. The lowest BCUT2D eigenvalue weighted by atomic mass is 10.1. The summed E-state index contributed by atoms with van der Waals surface area (Å²) < 4.78 is 23.5. The zero-order chi connectivity index (χ0) is 13.9. The lowest BCUT2D eigenvalue weighted by molar-refractivity contribution is 0.0659. The molecule has 1 N–H and O–H groups in total. The minimum Gasteiger partial charge on any atom is -0.378 e. The highest BCUT2D eigenvalue weighted by atomic mass is 35.5. The summed E-state index contributed by atoms with van der Waals surface area (Å²) in [5.74, 6) is 0.648. The van der Waals surface area contributed by atoms with E-state index in [9.17, 15) is 4.39 Å². The Morgan fingerprint density at radius 1 is 1.45 bits per heavy atom. The molecule has 0 radical (unpaired) electrons. The van der Waals surface area contributed by atoms with Crippen molar-refractivity contribution in [2.45, 2.75) is 12.5 Å². The van der Waals surface area contributed by atoms with Crippen LogP contribution in [-0.4, -0.2) is 29.9 Å². The Bertz CT molecular complexity index is 599. The molecule has 3 rings (SSSR count). The van der Waals surface area contributed by atoms with Crippen LogP contribution in [0.4, 0.5) is 4.39 Å². The van der Waals surface area contributed by atoms with E-state index in [1.54, 1.807) is 6.07 Å². The van der Waals surface area contributed by atoms with Crippen molar-refractivity contribution < 1.29 is 13.7 Å². The fourth-order valence-corrected chi connectivity index (χ4v) is 2.27. The molecule has 1 aliphatic heterocycles. The third-order valence-corrected chi connectivity index (χ3v) is 3.42. The Morgan fingerprint density at radius 3 is 3.10 bits per heavy atom. The van der Waals surface area contributed by atoms with Crippen LogP contribution >= 0.6 is 11.6 Å². The molecule has 1 unspecified atom stereocenters. The SMILES string of the molecule is Fc1ccc(Cc2noc(C3COCCN3)n2)c(Cl)c1. The van der Waals surface area contributed by atoms with Crippen LogP contribution < -0.4 is 5.32 Å². The van der Waals surface area contributed by atoms with Gasteiger partial charge in [0, 0.05) is 18.0 Å². The van der Waals surface area contributed by atoms with Crippen LogP contribution in [0.1, 0.15) is 23.3 Å². The summed E-state index contributed by atoms with van der Waals surface area (Å²) in [5.41, 5.74) is 0.758. The Morgan fingerprint density at radius 2 is 2.35 bits per heavy atom. The first-order valence-corrected chi connectivity index (χ1v) is 6.68. The zero-order valence-electron chi connectivity index (χ0n) is 10.6. The molecule has 7 heteroatoms. The second-order valence-corrected chi connectivity index (χ2v) is 4.95. The number of hydrogen-bond acceptors (Lipinski definition) is 5. The van der Waals surface area contributed by atoms with Gasteiger partial charge in [0.25, 0.3) is 0 Å². The second-order valence-electron chi connectivity index (χ2n) is 4.54. The molecule has 0 aliphatic carbocycles. The molecule has 0 amide bonds. The molecule has 106 valence electrons. The molecule has 1 aromatic carbocycles. The van der Waals surface area contributed by atoms with Gasteiger partial charge >= 0.3 is 0 Å². The third-order valence-electron chi connectivity index (χ3n) is 3.07. The Hall–Kier alpha value is -1.50. The van der Waals surface area contributed by atoms with Crippen molar-refractivity contribution >= 4 is 11.6 Å². The van der Waals surface area contributed by atoms with Gasteiger partial charge in [-0.25, -0.2) is 4.39 Å². The molecule has 5 nitrogen and oxygen atoms in total. The fraction of sp³-hybridized carbons (Fsp3) is 0.385. The van der Waals surface area contributed by atoms with Gasteiger partial charge in [-0.2, -0.15) is 4.98 Å². The van der Waals surface area contributed by atoms with Crippen LogP contribution in [0.25, 0.3) is 0 Å². The molecule has 1 fully saturated rings. The minimum absolute atomic E-state index is 0.0753. The predicted octanol–water partition coefficient (Wildman–Crippen LogP) is 2.11. The van der Waals surface area contributed by atoms with Gasteiger partial charge in [-0.05, 0) is 17.7 Å². The molecule has 1 aromatic heterocycles. The quantitative estimate of drug-likeness (QED) is 0.940. The zero-order valence-corrected chi connectivity index (χ0v) is 11.4. The molecule has 1 aliphatic rings. The van der Waals surface area contributed by atoms with Crippen molar-refractivity contribution in [1.82, 2.24) is 15.5 Å². The minimum atomic E-state index is -0.365. The summed E-state index contributed by atoms with van der Waals surface area (Å²) in [6, 6.07) is 4.18. The van der Waals surface area contributed by atoms with E-state index < -0.39 is 0 Å². The average molecular weight is 298 g/mol. The number of rotatable bonds is 3. The maximum atomic E-state index is 13.0. The molecular formula is C13H13ClFN3O2. The van der Waals surface area contributed by atoms with E-state index >= 15 is 0 Å². The van der Waals surface area contributed by atoms with E-state index in [1.165, 1.54) is 12.1 Å². The summed E-state index contributed by atoms with van der Waals surface area (Å²) in [4.78, 5) is 4.32. The second kappa shape index (κ2) is 5.87. The maximum Gasteiger partial charge on any atom is 0.246 e. The fourth-order valence-electron chi connectivity index (χ4n) is 2.04. The molecular weight excluding hydrogens is 285 g/mol. The largest absolute Gasteiger partial charge is 0.378 e. The normalized spacial score (nSPS) is 19.2. The van der Waals surface area contributed by atoms with Crippen molar-refractivity contribution in [3.8, 4) is 0 Å². The maximum absolute atomic E-state index is 13.0. The van der Waals surface area contributed by atoms with Gasteiger partial charge in [0.2, 0.25) is 5.89 Å². The van der Waals surface area contributed by atoms with Crippen molar-refractivity contribution in [3.63, 3.8) is 0 Å². The van der Waals surface area contributed by atoms with E-state index in [2.05, 4.69) is 15.5 Å². The van der Waals surface area contributed by atoms with E-state index in [1.807, 2.05) is 0 Å². The highest BCUT2D eigenvalue weighted by Crippen LogP contribution is 2.20. The standard InChI is InChI=1S/C13H13ClFN3O2/c14-10-6-9(15)2-1-8(10)5-12-17-13(20-18-12)11-7-19-4-3-16-11/h1-2,6,11,16H,3-5,7H2. The Labute approximate surface area is 120 Å². The Balaban J connectivity index is 1.73. The van der Waals surface area contributed by atoms with Gasteiger partial charge in [-0.15, -0.1) is 0 Å². The number of nitrogens with zero attached hydrogens (tertiary/aromatic N) is 2. The monoisotopic (exact) mass is 297 g/mol. The van der Waals surface area contributed by atoms with E-state index in [0.29, 0.717) is 36.4 Å². The van der Waals surface area contributed by atoms with Crippen molar-refractivity contribution in [1.29, 1.82) is 0 Å². The van der Waals surface area contributed by atoms with Crippen LogP contribution in [0.3, 0.4) is 0 Å².